The topological polar surface area (TPSA) is 48.9 Å². The molecular weight excluding hydrogens is 451 g/mol. The Balaban J connectivity index is 0.00000364. The molecule has 0 spiro atoms. The Morgan fingerprint density at radius 1 is 1.33 bits per heavy atom. The molecule has 2 rings (SSSR count). The van der Waals surface area contributed by atoms with Crippen molar-refractivity contribution < 1.29 is 4.74 Å². The Labute approximate surface area is 182 Å². The number of nitrogens with zero attached hydrogens (tertiary/aromatic N) is 2. The van der Waals surface area contributed by atoms with Crippen LogP contribution in [0.3, 0.4) is 0 Å². The fraction of sp³-hybridized carbons (Fsp3) is 0.667. The summed E-state index contributed by atoms with van der Waals surface area (Å²) in [6.45, 7) is 12.9. The minimum Gasteiger partial charge on any atom is -0.497 e. The van der Waals surface area contributed by atoms with Gasteiger partial charge in [0.2, 0.25) is 0 Å². The van der Waals surface area contributed by atoms with Crippen molar-refractivity contribution in [1.29, 1.82) is 0 Å². The van der Waals surface area contributed by atoms with E-state index in [9.17, 15) is 0 Å². The van der Waals surface area contributed by atoms with E-state index in [-0.39, 0.29) is 24.0 Å². The predicted molar refractivity (Wildman–Crippen MR) is 126 cm³/mol. The SMILES string of the molecule is CCNC(=NCCCc1cccc(OC)c1)NC1CN(C(C)C)CC1C.I. The molecule has 0 radical (unpaired) electrons. The minimum atomic E-state index is 0. The van der Waals surface area contributed by atoms with E-state index in [0.29, 0.717) is 18.0 Å². The summed E-state index contributed by atoms with van der Waals surface area (Å²) in [6, 6.07) is 9.35. The second-order valence-electron chi connectivity index (χ2n) is 7.49. The van der Waals surface area contributed by atoms with Crippen LogP contribution in [0.4, 0.5) is 0 Å². The maximum absolute atomic E-state index is 5.29. The highest BCUT2D eigenvalue weighted by molar-refractivity contribution is 14.0. The van der Waals surface area contributed by atoms with Crippen LogP contribution in [-0.2, 0) is 6.42 Å². The molecule has 0 amide bonds. The highest BCUT2D eigenvalue weighted by Crippen LogP contribution is 2.18. The molecule has 2 atom stereocenters. The number of halogens is 1. The van der Waals surface area contributed by atoms with Crippen LogP contribution in [0.15, 0.2) is 29.3 Å². The zero-order valence-corrected chi connectivity index (χ0v) is 19.8. The number of hydrogen-bond donors (Lipinski definition) is 2. The highest BCUT2D eigenvalue weighted by Gasteiger charge is 2.31. The Kier molecular flexibility index (Phi) is 11.1. The number of methoxy groups -OCH3 is 1. The van der Waals surface area contributed by atoms with Crippen LogP contribution in [0.2, 0.25) is 0 Å². The first-order chi connectivity index (χ1) is 12.5. The average Bonchev–Trinajstić information content (AvgIpc) is 3.00. The summed E-state index contributed by atoms with van der Waals surface area (Å²) in [5.74, 6) is 2.50. The molecule has 0 saturated carbocycles. The van der Waals surface area contributed by atoms with Crippen LogP contribution < -0.4 is 15.4 Å². The van der Waals surface area contributed by atoms with Crippen LogP contribution >= 0.6 is 24.0 Å². The van der Waals surface area contributed by atoms with Crippen molar-refractivity contribution in [2.75, 3.05) is 33.3 Å². The Morgan fingerprint density at radius 2 is 2.11 bits per heavy atom. The number of aryl methyl sites for hydroxylation is 1. The molecule has 0 aliphatic carbocycles. The van der Waals surface area contributed by atoms with Crippen molar-refractivity contribution in [3.05, 3.63) is 29.8 Å². The fourth-order valence-corrected chi connectivity index (χ4v) is 3.41. The van der Waals surface area contributed by atoms with Gasteiger partial charge in [0.1, 0.15) is 5.75 Å². The maximum atomic E-state index is 5.29. The van der Waals surface area contributed by atoms with E-state index in [1.807, 2.05) is 12.1 Å². The number of guanidine groups is 1. The molecule has 1 aromatic rings. The molecule has 1 aromatic carbocycles. The quantitative estimate of drug-likeness (QED) is 0.255. The maximum Gasteiger partial charge on any atom is 0.191 e. The van der Waals surface area contributed by atoms with E-state index in [1.165, 1.54) is 5.56 Å². The molecule has 1 aliphatic heterocycles. The first kappa shape index (κ1) is 24.0. The third kappa shape index (κ3) is 7.86. The van der Waals surface area contributed by atoms with Gasteiger partial charge in [0.15, 0.2) is 5.96 Å². The Morgan fingerprint density at radius 3 is 2.74 bits per heavy atom. The molecule has 1 fully saturated rings. The van der Waals surface area contributed by atoms with E-state index in [1.54, 1.807) is 7.11 Å². The lowest BCUT2D eigenvalue weighted by Gasteiger charge is -2.22. The molecule has 2 unspecified atom stereocenters. The van der Waals surface area contributed by atoms with Crippen LogP contribution in [0.1, 0.15) is 39.7 Å². The molecule has 27 heavy (non-hydrogen) atoms. The summed E-state index contributed by atoms with van der Waals surface area (Å²) in [5, 5.41) is 7.04. The number of likely N-dealkylation sites (tertiary alicyclic amines) is 1. The zero-order chi connectivity index (χ0) is 18.9. The van der Waals surface area contributed by atoms with Gasteiger partial charge in [-0.2, -0.15) is 0 Å². The van der Waals surface area contributed by atoms with Gasteiger partial charge in [0.05, 0.1) is 7.11 Å². The Bertz CT molecular complexity index is 579. The second kappa shape index (κ2) is 12.4. The van der Waals surface area contributed by atoms with Gasteiger partial charge >= 0.3 is 0 Å². The average molecular weight is 488 g/mol. The minimum absolute atomic E-state index is 0. The lowest BCUT2D eigenvalue weighted by atomic mass is 10.1. The second-order valence-corrected chi connectivity index (χ2v) is 7.49. The van der Waals surface area contributed by atoms with Gasteiger partial charge in [-0.05, 0) is 57.2 Å². The summed E-state index contributed by atoms with van der Waals surface area (Å²) < 4.78 is 5.29. The van der Waals surface area contributed by atoms with Crippen molar-refractivity contribution in [1.82, 2.24) is 15.5 Å². The monoisotopic (exact) mass is 488 g/mol. The van der Waals surface area contributed by atoms with E-state index in [2.05, 4.69) is 55.4 Å². The largest absolute Gasteiger partial charge is 0.497 e. The smallest absolute Gasteiger partial charge is 0.191 e. The number of benzene rings is 1. The first-order valence-electron chi connectivity index (χ1n) is 9.95. The summed E-state index contributed by atoms with van der Waals surface area (Å²) in [4.78, 5) is 7.32. The van der Waals surface area contributed by atoms with Crippen molar-refractivity contribution in [3.8, 4) is 5.75 Å². The van der Waals surface area contributed by atoms with Crippen molar-refractivity contribution in [2.24, 2.45) is 10.9 Å². The summed E-state index contributed by atoms with van der Waals surface area (Å²) >= 11 is 0. The van der Waals surface area contributed by atoms with Crippen LogP contribution in [0.5, 0.6) is 5.75 Å². The highest BCUT2D eigenvalue weighted by atomic mass is 127. The van der Waals surface area contributed by atoms with Gasteiger partial charge in [0, 0.05) is 38.3 Å². The third-order valence-corrected chi connectivity index (χ3v) is 5.06. The fourth-order valence-electron chi connectivity index (χ4n) is 3.41. The lowest BCUT2D eigenvalue weighted by Crippen LogP contribution is -2.46. The molecular formula is C21H37IN4O. The number of aliphatic imine (C=N–C) groups is 1. The van der Waals surface area contributed by atoms with Gasteiger partial charge in [-0.3, -0.25) is 9.89 Å². The summed E-state index contributed by atoms with van der Waals surface area (Å²) in [7, 11) is 1.71. The van der Waals surface area contributed by atoms with Gasteiger partial charge in [0.25, 0.3) is 0 Å². The van der Waals surface area contributed by atoms with Crippen molar-refractivity contribution >= 4 is 29.9 Å². The molecule has 1 heterocycles. The Hall–Kier alpha value is -1.02. The molecule has 154 valence electrons. The molecule has 2 N–H and O–H groups in total. The van der Waals surface area contributed by atoms with E-state index in [4.69, 9.17) is 9.73 Å². The molecule has 0 bridgehead atoms. The standard InChI is InChI=1S/C21H36N4O.HI/c1-6-22-21(24-20-15-25(16(2)3)14-17(20)4)23-12-8-10-18-9-7-11-19(13-18)26-5;/h7,9,11,13,16-17,20H,6,8,10,12,14-15H2,1-5H3,(H2,22,23,24);1H. The van der Waals surface area contributed by atoms with Crippen molar-refractivity contribution in [3.63, 3.8) is 0 Å². The number of ether oxygens (including phenoxy) is 1. The number of nitrogens with one attached hydrogen (secondary N) is 2. The molecule has 1 saturated heterocycles. The van der Waals surface area contributed by atoms with E-state index < -0.39 is 0 Å². The summed E-state index contributed by atoms with van der Waals surface area (Å²) in [6.07, 6.45) is 2.04. The van der Waals surface area contributed by atoms with Crippen LogP contribution in [0, 0.1) is 5.92 Å². The van der Waals surface area contributed by atoms with Crippen LogP contribution in [-0.4, -0.2) is 56.2 Å². The number of rotatable bonds is 8. The van der Waals surface area contributed by atoms with Crippen LogP contribution in [0.25, 0.3) is 0 Å². The molecule has 6 heteroatoms. The molecule has 5 nitrogen and oxygen atoms in total. The van der Waals surface area contributed by atoms with E-state index >= 15 is 0 Å². The number of hydrogen-bond acceptors (Lipinski definition) is 3. The zero-order valence-electron chi connectivity index (χ0n) is 17.5. The molecule has 1 aliphatic rings. The normalized spacial score (nSPS) is 20.4. The lowest BCUT2D eigenvalue weighted by molar-refractivity contribution is 0.265. The molecule has 0 aromatic heterocycles. The van der Waals surface area contributed by atoms with Gasteiger partial charge < -0.3 is 15.4 Å². The van der Waals surface area contributed by atoms with E-state index in [0.717, 1.165) is 50.7 Å². The van der Waals surface area contributed by atoms with Crippen molar-refractivity contribution in [2.45, 2.75) is 52.6 Å². The van der Waals surface area contributed by atoms with Gasteiger partial charge in [-0.25, -0.2) is 0 Å². The predicted octanol–water partition coefficient (Wildman–Crippen LogP) is 3.53. The summed E-state index contributed by atoms with van der Waals surface area (Å²) in [5.41, 5.74) is 1.30. The van der Waals surface area contributed by atoms with Gasteiger partial charge in [-0.1, -0.05) is 19.1 Å². The van der Waals surface area contributed by atoms with Gasteiger partial charge in [-0.15, -0.1) is 24.0 Å². The first-order valence-corrected chi connectivity index (χ1v) is 9.95. The third-order valence-electron chi connectivity index (χ3n) is 5.06.